The SMILES string of the molecule is COC1(c2nc(-c3cccc(Cn4nc(C)cc4C)c3)no2)CCOCC1. The summed E-state index contributed by atoms with van der Waals surface area (Å²) in [6, 6.07) is 10.2. The van der Waals surface area contributed by atoms with Crippen LogP contribution >= 0.6 is 0 Å². The van der Waals surface area contributed by atoms with Crippen molar-refractivity contribution in [3.63, 3.8) is 0 Å². The first kappa shape index (κ1) is 17.9. The Kier molecular flexibility index (Phi) is 4.80. The van der Waals surface area contributed by atoms with E-state index in [-0.39, 0.29) is 0 Å². The normalized spacial score (nSPS) is 16.6. The third-order valence-corrected chi connectivity index (χ3v) is 5.13. The molecule has 1 aromatic carbocycles. The Balaban J connectivity index is 1.59. The van der Waals surface area contributed by atoms with E-state index in [4.69, 9.17) is 14.0 Å². The first-order valence-electron chi connectivity index (χ1n) is 9.17. The molecule has 1 aliphatic heterocycles. The zero-order chi connectivity index (χ0) is 18.9. The summed E-state index contributed by atoms with van der Waals surface area (Å²) in [5, 5.41) is 8.73. The highest BCUT2D eigenvalue weighted by Crippen LogP contribution is 2.35. The fourth-order valence-electron chi connectivity index (χ4n) is 3.55. The van der Waals surface area contributed by atoms with Crippen LogP contribution in [-0.4, -0.2) is 40.2 Å². The lowest BCUT2D eigenvalue weighted by Gasteiger charge is -2.32. The molecular weight excluding hydrogens is 344 g/mol. The molecule has 142 valence electrons. The van der Waals surface area contributed by atoms with Crippen molar-refractivity contribution in [1.82, 2.24) is 19.9 Å². The number of nitrogens with zero attached hydrogens (tertiary/aromatic N) is 4. The molecule has 7 heteroatoms. The lowest BCUT2D eigenvalue weighted by atomic mass is 9.94. The summed E-state index contributed by atoms with van der Waals surface area (Å²) in [6.45, 7) is 6.03. The van der Waals surface area contributed by atoms with Crippen LogP contribution in [0.25, 0.3) is 11.4 Å². The van der Waals surface area contributed by atoms with Crippen molar-refractivity contribution < 1.29 is 14.0 Å². The summed E-state index contributed by atoms with van der Waals surface area (Å²) in [7, 11) is 1.68. The van der Waals surface area contributed by atoms with E-state index in [9.17, 15) is 0 Å². The highest BCUT2D eigenvalue weighted by Gasteiger charge is 2.40. The molecular formula is C20H24N4O3. The molecule has 0 spiro atoms. The predicted molar refractivity (Wildman–Crippen MR) is 99.3 cm³/mol. The van der Waals surface area contributed by atoms with Gasteiger partial charge in [-0.3, -0.25) is 4.68 Å². The molecule has 0 amide bonds. The van der Waals surface area contributed by atoms with Crippen LogP contribution in [0.5, 0.6) is 0 Å². The maximum Gasteiger partial charge on any atom is 0.259 e. The maximum atomic E-state index is 5.74. The number of aromatic nitrogens is 4. The van der Waals surface area contributed by atoms with E-state index in [1.165, 1.54) is 0 Å². The van der Waals surface area contributed by atoms with Crippen molar-refractivity contribution in [1.29, 1.82) is 0 Å². The van der Waals surface area contributed by atoms with Crippen molar-refractivity contribution in [2.45, 2.75) is 38.8 Å². The van der Waals surface area contributed by atoms with Crippen LogP contribution < -0.4 is 0 Å². The predicted octanol–water partition coefficient (Wildman–Crippen LogP) is 3.25. The molecule has 4 rings (SSSR count). The van der Waals surface area contributed by atoms with Crippen LogP contribution in [0.15, 0.2) is 34.9 Å². The van der Waals surface area contributed by atoms with E-state index >= 15 is 0 Å². The third kappa shape index (κ3) is 3.52. The first-order valence-corrected chi connectivity index (χ1v) is 9.17. The van der Waals surface area contributed by atoms with Gasteiger partial charge in [0.05, 0.1) is 12.2 Å². The van der Waals surface area contributed by atoms with Crippen LogP contribution in [0.4, 0.5) is 0 Å². The minimum absolute atomic E-state index is 0.521. The Hall–Kier alpha value is -2.51. The summed E-state index contributed by atoms with van der Waals surface area (Å²) in [5.41, 5.74) is 3.67. The number of benzene rings is 1. The van der Waals surface area contributed by atoms with E-state index in [0.717, 1.165) is 22.5 Å². The van der Waals surface area contributed by atoms with E-state index in [1.807, 2.05) is 23.7 Å². The molecule has 2 aromatic heterocycles. The summed E-state index contributed by atoms with van der Waals surface area (Å²) in [5.74, 6) is 1.09. The van der Waals surface area contributed by atoms with Crippen LogP contribution in [0, 0.1) is 13.8 Å². The Morgan fingerprint density at radius 2 is 2.00 bits per heavy atom. The molecule has 0 atom stereocenters. The molecule has 3 heterocycles. The van der Waals surface area contributed by atoms with Gasteiger partial charge in [0.1, 0.15) is 0 Å². The minimum Gasteiger partial charge on any atom is -0.381 e. The molecule has 1 saturated heterocycles. The summed E-state index contributed by atoms with van der Waals surface area (Å²) >= 11 is 0. The largest absolute Gasteiger partial charge is 0.381 e. The first-order chi connectivity index (χ1) is 13.1. The topological polar surface area (TPSA) is 75.2 Å². The van der Waals surface area contributed by atoms with Gasteiger partial charge in [0, 0.05) is 44.4 Å². The molecule has 0 saturated carbocycles. The van der Waals surface area contributed by atoms with Gasteiger partial charge in [-0.2, -0.15) is 10.1 Å². The molecule has 3 aromatic rings. The zero-order valence-corrected chi connectivity index (χ0v) is 15.9. The van der Waals surface area contributed by atoms with Gasteiger partial charge in [0.25, 0.3) is 5.89 Å². The molecule has 27 heavy (non-hydrogen) atoms. The second kappa shape index (κ2) is 7.25. The maximum absolute atomic E-state index is 5.74. The molecule has 7 nitrogen and oxygen atoms in total. The number of methoxy groups -OCH3 is 1. The smallest absolute Gasteiger partial charge is 0.259 e. The van der Waals surface area contributed by atoms with Crippen LogP contribution in [-0.2, 0) is 21.6 Å². The van der Waals surface area contributed by atoms with Crippen molar-refractivity contribution in [3.05, 3.63) is 53.2 Å². The second-order valence-corrected chi connectivity index (χ2v) is 7.02. The highest BCUT2D eigenvalue weighted by molar-refractivity contribution is 5.55. The lowest BCUT2D eigenvalue weighted by molar-refractivity contribution is -0.111. The number of aryl methyl sites for hydroxylation is 2. The number of rotatable bonds is 5. The lowest BCUT2D eigenvalue weighted by Crippen LogP contribution is -2.35. The van der Waals surface area contributed by atoms with Gasteiger partial charge in [-0.05, 0) is 31.5 Å². The van der Waals surface area contributed by atoms with Gasteiger partial charge in [0.2, 0.25) is 5.82 Å². The van der Waals surface area contributed by atoms with Gasteiger partial charge in [-0.25, -0.2) is 0 Å². The number of hydrogen-bond acceptors (Lipinski definition) is 6. The van der Waals surface area contributed by atoms with E-state index in [0.29, 0.717) is 44.3 Å². The fraction of sp³-hybridized carbons (Fsp3) is 0.450. The summed E-state index contributed by atoms with van der Waals surface area (Å²) in [4.78, 5) is 4.64. The monoisotopic (exact) mass is 368 g/mol. The van der Waals surface area contributed by atoms with Crippen molar-refractivity contribution in [2.75, 3.05) is 20.3 Å². The molecule has 1 aliphatic rings. The quantitative estimate of drug-likeness (QED) is 0.688. The van der Waals surface area contributed by atoms with Gasteiger partial charge >= 0.3 is 0 Å². The average molecular weight is 368 g/mol. The van der Waals surface area contributed by atoms with Gasteiger partial charge < -0.3 is 14.0 Å². The van der Waals surface area contributed by atoms with Crippen molar-refractivity contribution in [3.8, 4) is 11.4 Å². The van der Waals surface area contributed by atoms with E-state index < -0.39 is 5.60 Å². The second-order valence-electron chi connectivity index (χ2n) is 7.02. The summed E-state index contributed by atoms with van der Waals surface area (Å²) < 4.78 is 18.8. The summed E-state index contributed by atoms with van der Waals surface area (Å²) in [6.07, 6.45) is 1.42. The van der Waals surface area contributed by atoms with Gasteiger partial charge in [0.15, 0.2) is 5.60 Å². The Morgan fingerprint density at radius 3 is 2.70 bits per heavy atom. The standard InChI is InChI=1S/C20H24N4O3/c1-14-11-15(2)24(22-14)13-16-5-4-6-17(12-16)18-21-19(27-23-18)20(25-3)7-9-26-10-8-20/h4-6,11-12H,7-10,13H2,1-3H3. The van der Waals surface area contributed by atoms with E-state index in [1.54, 1.807) is 7.11 Å². The molecule has 0 radical (unpaired) electrons. The molecule has 0 bridgehead atoms. The zero-order valence-electron chi connectivity index (χ0n) is 15.9. The fourth-order valence-corrected chi connectivity index (χ4v) is 3.55. The van der Waals surface area contributed by atoms with Crippen molar-refractivity contribution in [2.24, 2.45) is 0 Å². The molecule has 0 unspecified atom stereocenters. The Bertz CT molecular complexity index is 925. The number of ether oxygens (including phenoxy) is 2. The Morgan fingerprint density at radius 1 is 1.19 bits per heavy atom. The number of hydrogen-bond donors (Lipinski definition) is 0. The van der Waals surface area contributed by atoms with Crippen LogP contribution in [0.3, 0.4) is 0 Å². The highest BCUT2D eigenvalue weighted by atomic mass is 16.5. The van der Waals surface area contributed by atoms with Crippen LogP contribution in [0.2, 0.25) is 0 Å². The molecule has 0 aliphatic carbocycles. The minimum atomic E-state index is -0.551. The van der Waals surface area contributed by atoms with Gasteiger partial charge in [-0.1, -0.05) is 23.4 Å². The Labute approximate surface area is 158 Å². The van der Waals surface area contributed by atoms with Crippen molar-refractivity contribution >= 4 is 0 Å². The third-order valence-electron chi connectivity index (χ3n) is 5.13. The van der Waals surface area contributed by atoms with Crippen LogP contribution in [0.1, 0.15) is 35.7 Å². The molecule has 0 N–H and O–H groups in total. The average Bonchev–Trinajstić information content (AvgIpc) is 3.30. The van der Waals surface area contributed by atoms with Gasteiger partial charge in [-0.15, -0.1) is 0 Å². The van der Waals surface area contributed by atoms with E-state index in [2.05, 4.69) is 40.4 Å². The molecule has 1 fully saturated rings.